The second kappa shape index (κ2) is 9.24. The summed E-state index contributed by atoms with van der Waals surface area (Å²) in [6.45, 7) is 2.30. The van der Waals surface area contributed by atoms with E-state index < -0.39 is 5.97 Å². The van der Waals surface area contributed by atoms with Crippen LogP contribution in [0, 0.1) is 12.7 Å². The Morgan fingerprint density at radius 1 is 0.966 bits per heavy atom. The molecule has 0 aliphatic heterocycles. The maximum absolute atomic E-state index is 14.3. The molecule has 5 heteroatoms. The zero-order valence-corrected chi connectivity index (χ0v) is 16.4. The molecule has 0 unspecified atom stereocenters. The van der Waals surface area contributed by atoms with Crippen molar-refractivity contribution < 1.29 is 23.8 Å². The molecule has 0 aliphatic rings. The van der Waals surface area contributed by atoms with Crippen LogP contribution in [0.3, 0.4) is 0 Å². The number of carboxylic acids is 1. The van der Waals surface area contributed by atoms with E-state index in [1.165, 1.54) is 6.07 Å². The van der Waals surface area contributed by atoms with Gasteiger partial charge in [-0.1, -0.05) is 30.3 Å². The van der Waals surface area contributed by atoms with E-state index in [1.807, 2.05) is 49.4 Å². The van der Waals surface area contributed by atoms with Gasteiger partial charge in [0.2, 0.25) is 0 Å². The number of hydrogen-bond donors (Lipinski definition) is 1. The first-order chi connectivity index (χ1) is 14.0. The van der Waals surface area contributed by atoms with Gasteiger partial charge in [0.05, 0.1) is 7.11 Å². The number of aliphatic carboxylic acids is 1. The summed E-state index contributed by atoms with van der Waals surface area (Å²) in [4.78, 5) is 10.7. The number of hydrogen-bond acceptors (Lipinski definition) is 3. The highest BCUT2D eigenvalue weighted by molar-refractivity contribution is 5.69. The minimum atomic E-state index is -0.820. The van der Waals surface area contributed by atoms with Gasteiger partial charge in [0.15, 0.2) is 0 Å². The molecule has 0 bridgehead atoms. The monoisotopic (exact) mass is 394 g/mol. The molecule has 150 valence electrons. The smallest absolute Gasteiger partial charge is 0.303 e. The Morgan fingerprint density at radius 2 is 1.79 bits per heavy atom. The number of carboxylic acid groups (broad SMARTS) is 1. The molecule has 3 rings (SSSR count). The van der Waals surface area contributed by atoms with Crippen LogP contribution in [-0.2, 0) is 17.8 Å². The maximum Gasteiger partial charge on any atom is 0.303 e. The summed E-state index contributed by atoms with van der Waals surface area (Å²) >= 11 is 0. The van der Waals surface area contributed by atoms with Crippen molar-refractivity contribution >= 4 is 5.97 Å². The third kappa shape index (κ3) is 5.35. The van der Waals surface area contributed by atoms with Crippen molar-refractivity contribution in [3.05, 3.63) is 83.2 Å². The van der Waals surface area contributed by atoms with Gasteiger partial charge in [0.1, 0.15) is 23.9 Å². The first-order valence-corrected chi connectivity index (χ1v) is 9.33. The van der Waals surface area contributed by atoms with Gasteiger partial charge in [0, 0.05) is 12.0 Å². The fourth-order valence-corrected chi connectivity index (χ4v) is 3.16. The van der Waals surface area contributed by atoms with Gasteiger partial charge < -0.3 is 14.6 Å². The third-order valence-electron chi connectivity index (χ3n) is 4.69. The summed E-state index contributed by atoms with van der Waals surface area (Å²) in [5, 5.41) is 8.81. The third-order valence-corrected chi connectivity index (χ3v) is 4.69. The van der Waals surface area contributed by atoms with E-state index in [2.05, 4.69) is 0 Å². The summed E-state index contributed by atoms with van der Waals surface area (Å²) in [6.07, 6.45) is 0.553. The fraction of sp³-hybridized carbons (Fsp3) is 0.208. The molecule has 0 saturated carbocycles. The highest BCUT2D eigenvalue weighted by atomic mass is 19.1. The van der Waals surface area contributed by atoms with Gasteiger partial charge in [-0.2, -0.15) is 0 Å². The molecule has 3 aromatic carbocycles. The van der Waals surface area contributed by atoms with Crippen molar-refractivity contribution in [3.63, 3.8) is 0 Å². The van der Waals surface area contributed by atoms with E-state index in [1.54, 1.807) is 19.2 Å². The van der Waals surface area contributed by atoms with Gasteiger partial charge in [-0.3, -0.25) is 4.79 Å². The molecular formula is C24H23FO4. The molecule has 0 amide bonds. The summed E-state index contributed by atoms with van der Waals surface area (Å²) in [5.41, 5.74) is 4.13. The molecular weight excluding hydrogens is 371 g/mol. The number of methoxy groups -OCH3 is 1. The van der Waals surface area contributed by atoms with Gasteiger partial charge in [-0.15, -0.1) is 0 Å². The number of carbonyl (C=O) groups is 1. The molecule has 0 aromatic heterocycles. The van der Waals surface area contributed by atoms with Gasteiger partial charge >= 0.3 is 5.97 Å². The van der Waals surface area contributed by atoms with Crippen molar-refractivity contribution in [3.8, 4) is 22.6 Å². The predicted molar refractivity (Wildman–Crippen MR) is 110 cm³/mol. The lowest BCUT2D eigenvalue weighted by Crippen LogP contribution is -1.99. The Hall–Kier alpha value is -3.34. The molecule has 0 fully saturated rings. The van der Waals surface area contributed by atoms with E-state index >= 15 is 0 Å². The lowest BCUT2D eigenvalue weighted by atomic mass is 9.98. The van der Waals surface area contributed by atoms with E-state index in [-0.39, 0.29) is 12.2 Å². The molecule has 0 saturated heterocycles. The van der Waals surface area contributed by atoms with Crippen molar-refractivity contribution in [1.29, 1.82) is 0 Å². The van der Waals surface area contributed by atoms with E-state index in [0.29, 0.717) is 30.1 Å². The summed E-state index contributed by atoms with van der Waals surface area (Å²) < 4.78 is 25.3. The van der Waals surface area contributed by atoms with Crippen LogP contribution in [0.1, 0.15) is 23.1 Å². The van der Waals surface area contributed by atoms with E-state index in [4.69, 9.17) is 14.6 Å². The summed E-state index contributed by atoms with van der Waals surface area (Å²) in [5.74, 6) is 0.180. The zero-order chi connectivity index (χ0) is 20.8. The number of aryl methyl sites for hydroxylation is 2. The van der Waals surface area contributed by atoms with Crippen LogP contribution >= 0.6 is 0 Å². The van der Waals surface area contributed by atoms with Crippen LogP contribution in [-0.4, -0.2) is 18.2 Å². The number of halogens is 1. The molecule has 0 spiro atoms. The average molecular weight is 394 g/mol. The predicted octanol–water partition coefficient (Wildman–Crippen LogP) is 5.41. The lowest BCUT2D eigenvalue weighted by Gasteiger charge is -2.12. The van der Waals surface area contributed by atoms with Crippen molar-refractivity contribution in [2.45, 2.75) is 26.4 Å². The zero-order valence-electron chi connectivity index (χ0n) is 16.4. The number of benzene rings is 3. The Bertz CT molecular complexity index is 1010. The van der Waals surface area contributed by atoms with Crippen molar-refractivity contribution in [2.24, 2.45) is 0 Å². The van der Waals surface area contributed by atoms with Crippen LogP contribution in [0.2, 0.25) is 0 Å². The number of rotatable bonds is 8. The molecule has 4 nitrogen and oxygen atoms in total. The van der Waals surface area contributed by atoms with E-state index in [9.17, 15) is 9.18 Å². The largest absolute Gasteiger partial charge is 0.497 e. The Balaban J connectivity index is 1.72. The first-order valence-electron chi connectivity index (χ1n) is 9.33. The second-order valence-corrected chi connectivity index (χ2v) is 6.82. The molecule has 0 atom stereocenters. The maximum atomic E-state index is 14.3. The summed E-state index contributed by atoms with van der Waals surface area (Å²) in [7, 11) is 1.56. The second-order valence-electron chi connectivity index (χ2n) is 6.82. The minimum absolute atomic E-state index is 0.0882. The number of ether oxygens (including phenoxy) is 2. The summed E-state index contributed by atoms with van der Waals surface area (Å²) in [6, 6.07) is 17.9. The van der Waals surface area contributed by atoms with Gasteiger partial charge in [-0.05, 0) is 65.9 Å². The highest BCUT2D eigenvalue weighted by Crippen LogP contribution is 2.30. The van der Waals surface area contributed by atoms with Crippen molar-refractivity contribution in [2.75, 3.05) is 7.11 Å². The molecule has 0 aliphatic carbocycles. The van der Waals surface area contributed by atoms with Crippen LogP contribution in [0.4, 0.5) is 4.39 Å². The van der Waals surface area contributed by atoms with Crippen LogP contribution in [0.15, 0.2) is 60.7 Å². The van der Waals surface area contributed by atoms with Crippen LogP contribution < -0.4 is 9.47 Å². The average Bonchev–Trinajstić information content (AvgIpc) is 2.72. The van der Waals surface area contributed by atoms with Gasteiger partial charge in [-0.25, -0.2) is 4.39 Å². The topological polar surface area (TPSA) is 55.8 Å². The Labute approximate surface area is 169 Å². The normalized spacial score (nSPS) is 10.6. The Kier molecular flexibility index (Phi) is 6.50. The SMILES string of the molecule is COc1ccc(F)c(-c2ccc(COc3cccc(CCC(=O)O)c3)cc2C)c1. The molecule has 29 heavy (non-hydrogen) atoms. The fourth-order valence-electron chi connectivity index (χ4n) is 3.16. The Morgan fingerprint density at radius 3 is 2.52 bits per heavy atom. The molecule has 3 aromatic rings. The molecule has 0 radical (unpaired) electrons. The standard InChI is InChI=1S/C24H23FO4/c1-16-12-18(6-9-21(16)22-14-19(28-2)8-10-23(22)25)15-29-20-5-3-4-17(13-20)7-11-24(26)27/h3-6,8-10,12-14H,7,11,15H2,1-2H3,(H,26,27). The van der Waals surface area contributed by atoms with Crippen LogP contribution in [0.5, 0.6) is 11.5 Å². The van der Waals surface area contributed by atoms with Crippen LogP contribution in [0.25, 0.3) is 11.1 Å². The van der Waals surface area contributed by atoms with E-state index in [0.717, 1.165) is 22.3 Å². The quantitative estimate of drug-likeness (QED) is 0.555. The minimum Gasteiger partial charge on any atom is -0.497 e. The lowest BCUT2D eigenvalue weighted by molar-refractivity contribution is -0.136. The van der Waals surface area contributed by atoms with Crippen molar-refractivity contribution in [1.82, 2.24) is 0 Å². The molecule has 1 N–H and O–H groups in total. The highest BCUT2D eigenvalue weighted by Gasteiger charge is 2.10. The first kappa shape index (κ1) is 20.4. The molecule has 0 heterocycles. The van der Waals surface area contributed by atoms with Gasteiger partial charge in [0.25, 0.3) is 0 Å².